The lowest BCUT2D eigenvalue weighted by Gasteiger charge is -2.38. The standard InChI is InChI=1S/C22H18F2N8O/c23-22(24)12-31(13-22)11-16-15-4-2-14(3-5-18(33)20-26-7-1-8-27-20)10-17(15)32(30-16)19-6-9-28-21(25)29-19/h1-2,4,6-10,18,33H,11-13H2,(H2,25,28,29). The van der Waals surface area contributed by atoms with Crippen LogP contribution in [-0.2, 0) is 6.54 Å². The van der Waals surface area contributed by atoms with Gasteiger partial charge in [0.1, 0.15) is 0 Å². The third-order valence-corrected chi connectivity index (χ3v) is 5.10. The van der Waals surface area contributed by atoms with Gasteiger partial charge in [0.25, 0.3) is 5.92 Å². The highest BCUT2D eigenvalue weighted by atomic mass is 19.3. The molecule has 0 amide bonds. The number of aliphatic hydroxyl groups excluding tert-OH is 1. The zero-order valence-electron chi connectivity index (χ0n) is 17.2. The van der Waals surface area contributed by atoms with Crippen LogP contribution in [0.1, 0.15) is 23.2 Å². The van der Waals surface area contributed by atoms with Crippen molar-refractivity contribution in [1.82, 2.24) is 34.6 Å². The fourth-order valence-corrected chi connectivity index (χ4v) is 3.63. The molecule has 9 nitrogen and oxygen atoms in total. The number of aliphatic hydroxyl groups is 1. The van der Waals surface area contributed by atoms with E-state index in [1.807, 2.05) is 6.07 Å². The van der Waals surface area contributed by atoms with Crippen molar-refractivity contribution in [2.24, 2.45) is 0 Å². The van der Waals surface area contributed by atoms with Crippen LogP contribution in [0.15, 0.2) is 48.9 Å². The third-order valence-electron chi connectivity index (χ3n) is 5.10. The molecule has 1 saturated heterocycles. The molecular formula is C22H18F2N8O. The predicted molar refractivity (Wildman–Crippen MR) is 115 cm³/mol. The van der Waals surface area contributed by atoms with Crippen molar-refractivity contribution in [3.63, 3.8) is 0 Å². The number of nitrogens with zero attached hydrogens (tertiary/aromatic N) is 7. The molecule has 0 spiro atoms. The topological polar surface area (TPSA) is 119 Å². The molecule has 11 heteroatoms. The fraction of sp³-hybridized carbons (Fsp3) is 0.227. The Morgan fingerprint density at radius 3 is 2.64 bits per heavy atom. The van der Waals surface area contributed by atoms with Gasteiger partial charge in [-0.3, -0.25) is 4.90 Å². The van der Waals surface area contributed by atoms with Crippen LogP contribution in [0.2, 0.25) is 0 Å². The minimum atomic E-state index is -2.66. The average molecular weight is 448 g/mol. The van der Waals surface area contributed by atoms with Crippen LogP contribution in [0.5, 0.6) is 0 Å². The molecule has 4 heterocycles. The number of benzene rings is 1. The van der Waals surface area contributed by atoms with Crippen LogP contribution in [0, 0.1) is 11.8 Å². The SMILES string of the molecule is Nc1nccc(-n2nc(CN3CC(F)(F)C3)c3ccc(C#CC(O)c4ncccn4)cc32)n1. The molecule has 4 aromatic rings. The van der Waals surface area contributed by atoms with E-state index in [0.29, 0.717) is 22.6 Å². The molecule has 1 aliphatic heterocycles. The molecule has 0 radical (unpaired) electrons. The van der Waals surface area contributed by atoms with Gasteiger partial charge in [-0.15, -0.1) is 0 Å². The number of likely N-dealkylation sites (tertiary alicyclic amines) is 1. The summed E-state index contributed by atoms with van der Waals surface area (Å²) in [6.45, 7) is -0.329. The van der Waals surface area contributed by atoms with Gasteiger partial charge in [0.2, 0.25) is 5.95 Å². The first-order valence-electron chi connectivity index (χ1n) is 10.1. The summed E-state index contributed by atoms with van der Waals surface area (Å²) in [6, 6.07) is 8.70. The zero-order valence-corrected chi connectivity index (χ0v) is 17.2. The Balaban J connectivity index is 1.52. The van der Waals surface area contributed by atoms with Gasteiger partial charge in [-0.1, -0.05) is 11.8 Å². The molecular weight excluding hydrogens is 430 g/mol. The summed E-state index contributed by atoms with van der Waals surface area (Å²) in [5.74, 6) is 3.72. The maximum absolute atomic E-state index is 13.3. The molecule has 1 atom stereocenters. The van der Waals surface area contributed by atoms with Crippen LogP contribution in [0.4, 0.5) is 14.7 Å². The van der Waals surface area contributed by atoms with Crippen LogP contribution < -0.4 is 5.73 Å². The van der Waals surface area contributed by atoms with Crippen molar-refractivity contribution < 1.29 is 13.9 Å². The fourth-order valence-electron chi connectivity index (χ4n) is 3.63. The first-order valence-corrected chi connectivity index (χ1v) is 10.1. The van der Waals surface area contributed by atoms with Gasteiger partial charge in [0.15, 0.2) is 17.7 Å². The number of hydrogen-bond donors (Lipinski definition) is 2. The summed E-state index contributed by atoms with van der Waals surface area (Å²) in [6.07, 6.45) is 3.43. The van der Waals surface area contributed by atoms with E-state index in [9.17, 15) is 13.9 Å². The lowest BCUT2D eigenvalue weighted by atomic mass is 10.1. The van der Waals surface area contributed by atoms with Gasteiger partial charge < -0.3 is 10.8 Å². The van der Waals surface area contributed by atoms with Crippen LogP contribution in [0.25, 0.3) is 16.7 Å². The van der Waals surface area contributed by atoms with Gasteiger partial charge in [-0.05, 0) is 24.3 Å². The largest absolute Gasteiger partial charge is 0.373 e. The maximum Gasteiger partial charge on any atom is 0.272 e. The highest BCUT2D eigenvalue weighted by molar-refractivity contribution is 5.84. The maximum atomic E-state index is 13.3. The number of nitrogen functional groups attached to an aromatic ring is 1. The molecule has 3 aromatic heterocycles. The minimum Gasteiger partial charge on any atom is -0.373 e. The van der Waals surface area contributed by atoms with E-state index in [4.69, 9.17) is 5.73 Å². The number of anilines is 1. The van der Waals surface area contributed by atoms with Crippen LogP contribution in [0.3, 0.4) is 0 Å². The van der Waals surface area contributed by atoms with Crippen molar-refractivity contribution in [3.05, 3.63) is 66.0 Å². The zero-order chi connectivity index (χ0) is 23.0. The number of rotatable bonds is 4. The quantitative estimate of drug-likeness (QED) is 0.453. The Labute approximate surface area is 186 Å². The molecule has 0 saturated carbocycles. The summed E-state index contributed by atoms with van der Waals surface area (Å²) in [5, 5.41) is 15.6. The smallest absolute Gasteiger partial charge is 0.272 e. The second kappa shape index (κ2) is 8.16. The van der Waals surface area contributed by atoms with Gasteiger partial charge in [0.05, 0.1) is 24.3 Å². The van der Waals surface area contributed by atoms with Crippen molar-refractivity contribution in [3.8, 4) is 17.7 Å². The van der Waals surface area contributed by atoms with Crippen molar-refractivity contribution in [2.45, 2.75) is 18.6 Å². The van der Waals surface area contributed by atoms with Crippen molar-refractivity contribution in [1.29, 1.82) is 0 Å². The predicted octanol–water partition coefficient (Wildman–Crippen LogP) is 1.72. The first kappa shape index (κ1) is 20.9. The second-order valence-corrected chi connectivity index (χ2v) is 7.64. The molecule has 1 fully saturated rings. The molecule has 1 aliphatic rings. The Morgan fingerprint density at radius 1 is 1.12 bits per heavy atom. The first-order chi connectivity index (χ1) is 15.9. The Morgan fingerprint density at radius 2 is 1.91 bits per heavy atom. The Kier molecular flexibility index (Phi) is 5.16. The molecule has 33 heavy (non-hydrogen) atoms. The van der Waals surface area contributed by atoms with Crippen molar-refractivity contribution >= 4 is 16.9 Å². The molecule has 166 valence electrons. The molecule has 3 N–H and O–H groups in total. The van der Waals surface area contributed by atoms with Gasteiger partial charge in [-0.25, -0.2) is 28.4 Å². The molecule has 0 bridgehead atoms. The van der Waals surface area contributed by atoms with E-state index in [1.165, 1.54) is 18.6 Å². The molecule has 5 rings (SSSR count). The van der Waals surface area contributed by atoms with Crippen molar-refractivity contribution in [2.75, 3.05) is 18.8 Å². The Bertz CT molecular complexity index is 1370. The number of fused-ring (bicyclic) bond motifs is 1. The highest BCUT2D eigenvalue weighted by Gasteiger charge is 2.43. The van der Waals surface area contributed by atoms with E-state index in [1.54, 1.807) is 33.8 Å². The summed E-state index contributed by atoms with van der Waals surface area (Å²) in [4.78, 5) is 17.8. The summed E-state index contributed by atoms with van der Waals surface area (Å²) < 4.78 is 28.2. The van der Waals surface area contributed by atoms with E-state index < -0.39 is 12.0 Å². The van der Waals surface area contributed by atoms with E-state index in [-0.39, 0.29) is 31.4 Å². The molecule has 0 aliphatic carbocycles. The highest BCUT2D eigenvalue weighted by Crippen LogP contribution is 2.30. The van der Waals surface area contributed by atoms with Crippen LogP contribution in [-0.4, -0.2) is 58.7 Å². The number of halogens is 2. The normalized spacial score (nSPS) is 16.1. The van der Waals surface area contributed by atoms with Gasteiger partial charge in [0, 0.05) is 42.2 Å². The van der Waals surface area contributed by atoms with Crippen LogP contribution >= 0.6 is 0 Å². The van der Waals surface area contributed by atoms with Gasteiger partial charge in [-0.2, -0.15) is 10.1 Å². The lowest BCUT2D eigenvalue weighted by Crippen LogP contribution is -2.55. The minimum absolute atomic E-state index is 0.0852. The third kappa shape index (κ3) is 4.34. The summed E-state index contributed by atoms with van der Waals surface area (Å²) in [5.41, 5.74) is 7.66. The Hall–Kier alpha value is -4.01. The number of hydrogen-bond acceptors (Lipinski definition) is 8. The second-order valence-electron chi connectivity index (χ2n) is 7.64. The lowest BCUT2D eigenvalue weighted by molar-refractivity contribution is -0.134. The molecule has 1 unspecified atom stereocenters. The van der Waals surface area contributed by atoms with E-state index in [2.05, 4.69) is 36.9 Å². The van der Waals surface area contributed by atoms with E-state index >= 15 is 0 Å². The summed E-state index contributed by atoms with van der Waals surface area (Å²) >= 11 is 0. The molecule has 1 aromatic carbocycles. The number of aromatic nitrogens is 6. The number of nitrogens with two attached hydrogens (primary N) is 1. The summed E-state index contributed by atoms with van der Waals surface area (Å²) in [7, 11) is 0. The number of alkyl halides is 2. The monoisotopic (exact) mass is 448 g/mol. The van der Waals surface area contributed by atoms with E-state index in [0.717, 1.165) is 5.39 Å². The average Bonchev–Trinajstić information content (AvgIpc) is 3.14. The van der Waals surface area contributed by atoms with Gasteiger partial charge >= 0.3 is 0 Å².